The van der Waals surface area contributed by atoms with Gasteiger partial charge in [-0.2, -0.15) is 0 Å². The number of hydrogen-bond acceptors (Lipinski definition) is 4. The second-order valence-electron chi connectivity index (χ2n) is 5.74. The van der Waals surface area contributed by atoms with E-state index in [0.717, 1.165) is 26.6 Å². The third kappa shape index (κ3) is 4.02. The van der Waals surface area contributed by atoms with Crippen molar-refractivity contribution in [2.45, 2.75) is 32.7 Å². The van der Waals surface area contributed by atoms with Gasteiger partial charge in [0.05, 0.1) is 3.79 Å². The van der Waals surface area contributed by atoms with Crippen molar-refractivity contribution >= 4 is 49.0 Å². The molecule has 20 heavy (non-hydrogen) atoms. The number of thiophene rings is 1. The van der Waals surface area contributed by atoms with Crippen molar-refractivity contribution < 1.29 is 0 Å². The predicted octanol–water partition coefficient (Wildman–Crippen LogP) is 5.00. The minimum Gasteiger partial charge on any atom is -0.355 e. The van der Waals surface area contributed by atoms with Crippen LogP contribution >= 0.6 is 43.2 Å². The maximum atomic E-state index is 4.68. The molecule has 0 saturated heterocycles. The third-order valence-corrected chi connectivity index (χ3v) is 4.74. The van der Waals surface area contributed by atoms with E-state index in [1.54, 1.807) is 11.3 Å². The number of nitrogens with zero attached hydrogens (tertiary/aromatic N) is 3. The average molecular weight is 419 g/mol. The van der Waals surface area contributed by atoms with Crippen LogP contribution in [0.15, 0.2) is 25.9 Å². The van der Waals surface area contributed by atoms with Crippen LogP contribution in [0.4, 0.5) is 5.82 Å². The van der Waals surface area contributed by atoms with Crippen LogP contribution in [0.25, 0.3) is 0 Å². The smallest absolute Gasteiger partial charge is 0.137 e. The number of halogens is 2. The van der Waals surface area contributed by atoms with E-state index in [4.69, 9.17) is 0 Å². The van der Waals surface area contributed by atoms with Gasteiger partial charge in [-0.25, -0.2) is 9.97 Å². The summed E-state index contributed by atoms with van der Waals surface area (Å²) in [6.07, 6.45) is 0. The lowest BCUT2D eigenvalue weighted by molar-refractivity contribution is 0.542. The molecule has 0 aliphatic carbocycles. The monoisotopic (exact) mass is 417 g/mol. The van der Waals surface area contributed by atoms with Crippen molar-refractivity contribution in [3.05, 3.63) is 37.3 Å². The normalized spacial score (nSPS) is 11.7. The van der Waals surface area contributed by atoms with Gasteiger partial charge in [0.2, 0.25) is 0 Å². The van der Waals surface area contributed by atoms with Gasteiger partial charge in [0.1, 0.15) is 16.2 Å². The Labute approximate surface area is 140 Å². The van der Waals surface area contributed by atoms with Crippen LogP contribution in [0, 0.1) is 0 Å². The SMILES string of the molecule is CN(Cc1csc(Br)c1)c1cc(Br)nc(C(C)(C)C)n1. The second-order valence-corrected chi connectivity index (χ2v) is 8.84. The highest BCUT2D eigenvalue weighted by atomic mass is 79.9. The van der Waals surface area contributed by atoms with Crippen molar-refractivity contribution in [1.82, 2.24) is 9.97 Å². The first kappa shape index (κ1) is 15.9. The lowest BCUT2D eigenvalue weighted by atomic mass is 9.96. The third-order valence-electron chi connectivity index (χ3n) is 2.78. The summed E-state index contributed by atoms with van der Waals surface area (Å²) in [5.41, 5.74) is 1.21. The summed E-state index contributed by atoms with van der Waals surface area (Å²) in [7, 11) is 2.05. The molecular weight excluding hydrogens is 402 g/mol. The summed E-state index contributed by atoms with van der Waals surface area (Å²) in [4.78, 5) is 11.3. The molecule has 6 heteroatoms. The lowest BCUT2D eigenvalue weighted by Crippen LogP contribution is -2.22. The van der Waals surface area contributed by atoms with E-state index in [1.165, 1.54) is 5.56 Å². The fourth-order valence-corrected chi connectivity index (χ4v) is 3.29. The molecule has 0 spiro atoms. The number of rotatable bonds is 3. The summed E-state index contributed by atoms with van der Waals surface area (Å²) in [6.45, 7) is 7.19. The van der Waals surface area contributed by atoms with Crippen LogP contribution in [-0.2, 0) is 12.0 Å². The van der Waals surface area contributed by atoms with Gasteiger partial charge in [-0.05, 0) is 48.9 Å². The van der Waals surface area contributed by atoms with E-state index < -0.39 is 0 Å². The molecule has 0 bridgehead atoms. The molecule has 0 N–H and O–H groups in total. The van der Waals surface area contributed by atoms with Crippen molar-refractivity contribution in [2.75, 3.05) is 11.9 Å². The Kier molecular flexibility index (Phi) is 4.87. The Morgan fingerprint density at radius 3 is 2.45 bits per heavy atom. The standard InChI is InChI=1S/C14H17Br2N3S/c1-14(2,3)13-17-10(15)6-12(18-13)19(4)7-9-5-11(16)20-8-9/h5-6,8H,7H2,1-4H3. The number of hydrogen-bond donors (Lipinski definition) is 0. The summed E-state index contributed by atoms with van der Waals surface area (Å²) in [6, 6.07) is 4.10. The van der Waals surface area contributed by atoms with Crippen LogP contribution in [0.2, 0.25) is 0 Å². The van der Waals surface area contributed by atoms with Crippen LogP contribution in [-0.4, -0.2) is 17.0 Å². The van der Waals surface area contributed by atoms with E-state index in [9.17, 15) is 0 Å². The van der Waals surface area contributed by atoms with Gasteiger partial charge in [0.25, 0.3) is 0 Å². The van der Waals surface area contributed by atoms with E-state index in [-0.39, 0.29) is 5.41 Å². The highest BCUT2D eigenvalue weighted by molar-refractivity contribution is 9.11. The van der Waals surface area contributed by atoms with Crippen LogP contribution in [0.3, 0.4) is 0 Å². The first-order valence-electron chi connectivity index (χ1n) is 6.25. The highest BCUT2D eigenvalue weighted by Gasteiger charge is 2.19. The minimum atomic E-state index is -0.0647. The summed E-state index contributed by atoms with van der Waals surface area (Å²) in [5.74, 6) is 1.78. The predicted molar refractivity (Wildman–Crippen MR) is 92.6 cm³/mol. The quantitative estimate of drug-likeness (QED) is 0.657. The largest absolute Gasteiger partial charge is 0.355 e. The molecule has 108 valence electrons. The molecule has 0 aliphatic rings. The molecule has 0 aromatic carbocycles. The molecule has 2 rings (SSSR count). The first-order valence-corrected chi connectivity index (χ1v) is 8.71. The molecule has 2 aromatic rings. The Balaban J connectivity index is 2.25. The summed E-state index contributed by atoms with van der Waals surface area (Å²) >= 11 is 8.67. The van der Waals surface area contributed by atoms with E-state index >= 15 is 0 Å². The maximum Gasteiger partial charge on any atom is 0.137 e. The van der Waals surface area contributed by atoms with Gasteiger partial charge >= 0.3 is 0 Å². The number of anilines is 1. The highest BCUT2D eigenvalue weighted by Crippen LogP contribution is 2.26. The van der Waals surface area contributed by atoms with Gasteiger partial charge in [-0.15, -0.1) is 11.3 Å². The van der Waals surface area contributed by atoms with Crippen molar-refractivity contribution in [3.8, 4) is 0 Å². The zero-order chi connectivity index (χ0) is 14.9. The minimum absolute atomic E-state index is 0.0647. The molecule has 0 atom stereocenters. The van der Waals surface area contributed by atoms with Gasteiger partial charge in [-0.1, -0.05) is 20.8 Å². The molecular formula is C14H17Br2N3S. The molecule has 0 saturated carbocycles. The molecule has 2 aromatic heterocycles. The molecule has 0 radical (unpaired) electrons. The van der Waals surface area contributed by atoms with Gasteiger partial charge in [-0.3, -0.25) is 0 Å². The average Bonchev–Trinajstić information content (AvgIpc) is 2.72. The molecule has 0 aliphatic heterocycles. The molecule has 0 amide bonds. The van der Waals surface area contributed by atoms with E-state index in [0.29, 0.717) is 0 Å². The van der Waals surface area contributed by atoms with E-state index in [1.807, 2.05) is 13.1 Å². The second kappa shape index (κ2) is 6.12. The Bertz CT molecular complexity index is 605. The number of aromatic nitrogens is 2. The van der Waals surface area contributed by atoms with Gasteiger partial charge in [0.15, 0.2) is 0 Å². The summed E-state index contributed by atoms with van der Waals surface area (Å²) < 4.78 is 1.98. The molecule has 3 nitrogen and oxygen atoms in total. The van der Waals surface area contributed by atoms with Gasteiger partial charge < -0.3 is 4.90 Å². The molecule has 0 fully saturated rings. The van der Waals surface area contributed by atoms with E-state index in [2.05, 4.69) is 78.9 Å². The fraction of sp³-hybridized carbons (Fsp3) is 0.429. The van der Waals surface area contributed by atoms with Crippen molar-refractivity contribution in [2.24, 2.45) is 0 Å². The van der Waals surface area contributed by atoms with Crippen LogP contribution in [0.5, 0.6) is 0 Å². The zero-order valence-corrected chi connectivity index (χ0v) is 15.9. The van der Waals surface area contributed by atoms with Gasteiger partial charge in [0, 0.05) is 25.1 Å². The topological polar surface area (TPSA) is 29.0 Å². The van der Waals surface area contributed by atoms with Crippen molar-refractivity contribution in [3.63, 3.8) is 0 Å². The Hall–Kier alpha value is -0.460. The lowest BCUT2D eigenvalue weighted by Gasteiger charge is -2.22. The zero-order valence-electron chi connectivity index (χ0n) is 11.9. The maximum absolute atomic E-state index is 4.68. The Morgan fingerprint density at radius 1 is 1.20 bits per heavy atom. The van der Waals surface area contributed by atoms with Crippen LogP contribution in [0.1, 0.15) is 32.2 Å². The van der Waals surface area contributed by atoms with Crippen molar-refractivity contribution in [1.29, 1.82) is 0 Å². The summed E-state index contributed by atoms with van der Waals surface area (Å²) in [5, 5.41) is 2.15. The first-order chi connectivity index (χ1) is 9.25. The molecule has 2 heterocycles. The Morgan fingerprint density at radius 2 is 1.90 bits per heavy atom. The van der Waals surface area contributed by atoms with Crippen LogP contribution < -0.4 is 4.90 Å². The fourth-order valence-electron chi connectivity index (χ4n) is 1.72. The molecule has 0 unspecified atom stereocenters.